The first-order valence-electron chi connectivity index (χ1n) is 18.2. The van der Waals surface area contributed by atoms with E-state index in [0.717, 1.165) is 24.7 Å². The van der Waals surface area contributed by atoms with Crippen molar-refractivity contribution < 1.29 is 19.7 Å². The molecule has 0 rings (SSSR count). The molecule has 0 heterocycles. The normalized spacial score (nSPS) is 13.2. The molecule has 0 spiro atoms. The molecule has 0 aromatic heterocycles. The first kappa shape index (κ1) is 39.8. The molecule has 0 radical (unpaired) electrons. The smallest absolute Gasteiger partial charge is 0.143 e. The predicted molar refractivity (Wildman–Crippen MR) is 174 cm³/mol. The van der Waals surface area contributed by atoms with Crippen molar-refractivity contribution in [2.24, 2.45) is 11.8 Å². The fraction of sp³-hybridized carbons (Fsp3) is 1.00. The summed E-state index contributed by atoms with van der Waals surface area (Å²) in [5.41, 5.74) is 0. The molecule has 40 heavy (non-hydrogen) atoms. The summed E-state index contributed by atoms with van der Waals surface area (Å²) in [6.45, 7) is 5.74. The van der Waals surface area contributed by atoms with Gasteiger partial charge < -0.3 is 19.7 Å². The minimum absolute atomic E-state index is 0.140. The largest absolute Gasteiger partial charge is 0.371 e. The molecule has 0 aliphatic carbocycles. The summed E-state index contributed by atoms with van der Waals surface area (Å²) < 4.78 is 10.2. The van der Waals surface area contributed by atoms with Crippen LogP contribution < -0.4 is 0 Å². The zero-order valence-electron chi connectivity index (χ0n) is 27.5. The van der Waals surface area contributed by atoms with Crippen LogP contribution in [0, 0.1) is 11.8 Å². The lowest BCUT2D eigenvalue weighted by Crippen LogP contribution is -2.16. The van der Waals surface area contributed by atoms with Crippen LogP contribution in [-0.2, 0) is 9.47 Å². The summed E-state index contributed by atoms with van der Waals surface area (Å²) in [6.07, 6.45) is 38.3. The average Bonchev–Trinajstić information content (AvgIpc) is 2.96. The maximum absolute atomic E-state index is 8.79. The number of rotatable bonds is 35. The van der Waals surface area contributed by atoms with E-state index in [0.29, 0.717) is 13.2 Å². The second-order valence-electron chi connectivity index (χ2n) is 12.5. The van der Waals surface area contributed by atoms with Gasteiger partial charge in [0.05, 0.1) is 0 Å². The zero-order chi connectivity index (χ0) is 29.2. The Morgan fingerprint density at radius 1 is 0.350 bits per heavy atom. The van der Waals surface area contributed by atoms with Gasteiger partial charge in [0.2, 0.25) is 0 Å². The summed E-state index contributed by atoms with van der Waals surface area (Å²) in [7, 11) is 0. The summed E-state index contributed by atoms with van der Waals surface area (Å²) in [4.78, 5) is 0. The van der Waals surface area contributed by atoms with Crippen molar-refractivity contribution in [2.45, 2.75) is 194 Å². The monoisotopic (exact) mass is 571 g/mol. The van der Waals surface area contributed by atoms with Crippen molar-refractivity contribution in [1.82, 2.24) is 0 Å². The highest BCUT2D eigenvalue weighted by Gasteiger charge is 2.20. The third-order valence-corrected chi connectivity index (χ3v) is 8.93. The molecule has 0 saturated carbocycles. The minimum atomic E-state index is -0.140. The van der Waals surface area contributed by atoms with E-state index in [1.165, 1.54) is 167 Å². The van der Waals surface area contributed by atoms with Crippen molar-refractivity contribution in [3.05, 3.63) is 0 Å². The van der Waals surface area contributed by atoms with Crippen LogP contribution in [-0.4, -0.2) is 37.0 Å². The molecule has 0 aromatic rings. The van der Waals surface area contributed by atoms with Gasteiger partial charge in [-0.05, 0) is 24.7 Å². The molecule has 0 saturated heterocycles. The topological polar surface area (TPSA) is 58.9 Å². The predicted octanol–water partition coefficient (Wildman–Crippen LogP) is 11.1. The quantitative estimate of drug-likeness (QED) is 0.0587. The standard InChI is InChI=1S/C36H74O4/c1-3-5-7-9-11-15-21-27-35(29-23-17-13-19-25-31-39-33-37)36(28-22-16-12-10-8-6-4-2)30-24-18-14-20-26-32-40-34-38/h35-38H,3-34H2,1-2H3. The molecule has 0 fully saturated rings. The molecule has 2 unspecified atom stereocenters. The summed E-state index contributed by atoms with van der Waals surface area (Å²) in [5.74, 6) is 1.85. The van der Waals surface area contributed by atoms with Gasteiger partial charge in [-0.25, -0.2) is 0 Å². The first-order valence-corrected chi connectivity index (χ1v) is 18.2. The van der Waals surface area contributed by atoms with E-state index < -0.39 is 0 Å². The lowest BCUT2D eigenvalue weighted by Gasteiger charge is -2.28. The third-order valence-electron chi connectivity index (χ3n) is 8.93. The van der Waals surface area contributed by atoms with Crippen LogP contribution >= 0.6 is 0 Å². The highest BCUT2D eigenvalue weighted by molar-refractivity contribution is 4.72. The van der Waals surface area contributed by atoms with Crippen molar-refractivity contribution >= 4 is 0 Å². The molecular formula is C36H74O4. The summed E-state index contributed by atoms with van der Waals surface area (Å²) in [6, 6.07) is 0. The van der Waals surface area contributed by atoms with Crippen molar-refractivity contribution in [3.63, 3.8) is 0 Å². The Kier molecular flexibility index (Phi) is 34.9. The number of aliphatic hydroxyl groups excluding tert-OH is 2. The Bertz CT molecular complexity index is 405. The van der Waals surface area contributed by atoms with E-state index in [2.05, 4.69) is 13.8 Å². The second-order valence-corrected chi connectivity index (χ2v) is 12.5. The maximum atomic E-state index is 8.79. The molecule has 0 aromatic carbocycles. The fourth-order valence-electron chi connectivity index (χ4n) is 6.37. The second kappa shape index (κ2) is 35.0. The molecule has 0 bridgehead atoms. The van der Waals surface area contributed by atoms with Crippen LogP contribution in [0.25, 0.3) is 0 Å². The summed E-state index contributed by atoms with van der Waals surface area (Å²) in [5, 5.41) is 17.6. The molecule has 0 aliphatic rings. The maximum Gasteiger partial charge on any atom is 0.143 e. The van der Waals surface area contributed by atoms with Crippen LogP contribution in [0.5, 0.6) is 0 Å². The van der Waals surface area contributed by atoms with Gasteiger partial charge in [0.1, 0.15) is 13.6 Å². The molecule has 2 N–H and O–H groups in total. The van der Waals surface area contributed by atoms with Crippen LogP contribution in [0.4, 0.5) is 0 Å². The van der Waals surface area contributed by atoms with Crippen molar-refractivity contribution in [1.29, 1.82) is 0 Å². The van der Waals surface area contributed by atoms with Gasteiger partial charge in [-0.15, -0.1) is 0 Å². The zero-order valence-corrected chi connectivity index (χ0v) is 27.5. The van der Waals surface area contributed by atoms with Crippen molar-refractivity contribution in [2.75, 3.05) is 26.8 Å². The van der Waals surface area contributed by atoms with Gasteiger partial charge in [0, 0.05) is 13.2 Å². The van der Waals surface area contributed by atoms with Gasteiger partial charge in [-0.2, -0.15) is 0 Å². The molecule has 0 amide bonds. The highest BCUT2D eigenvalue weighted by atomic mass is 16.6. The first-order chi connectivity index (χ1) is 19.8. The van der Waals surface area contributed by atoms with Gasteiger partial charge in [-0.1, -0.05) is 181 Å². The Labute approximate surface area is 251 Å². The van der Waals surface area contributed by atoms with Gasteiger partial charge in [0.25, 0.3) is 0 Å². The molecule has 4 nitrogen and oxygen atoms in total. The number of ether oxygens (including phenoxy) is 2. The van der Waals surface area contributed by atoms with Crippen LogP contribution in [0.3, 0.4) is 0 Å². The van der Waals surface area contributed by atoms with Gasteiger partial charge >= 0.3 is 0 Å². The van der Waals surface area contributed by atoms with Crippen LogP contribution in [0.15, 0.2) is 0 Å². The third kappa shape index (κ3) is 29.3. The molecule has 0 aliphatic heterocycles. The Balaban J connectivity index is 4.72. The van der Waals surface area contributed by atoms with Gasteiger partial charge in [0.15, 0.2) is 0 Å². The van der Waals surface area contributed by atoms with Crippen LogP contribution in [0.2, 0.25) is 0 Å². The highest BCUT2D eigenvalue weighted by Crippen LogP contribution is 2.33. The number of hydrogen-bond donors (Lipinski definition) is 2. The van der Waals surface area contributed by atoms with E-state index in [9.17, 15) is 0 Å². The fourth-order valence-corrected chi connectivity index (χ4v) is 6.37. The number of hydrogen-bond acceptors (Lipinski definition) is 4. The Morgan fingerprint density at radius 2 is 0.600 bits per heavy atom. The minimum Gasteiger partial charge on any atom is -0.371 e. The van der Waals surface area contributed by atoms with E-state index in [1.54, 1.807) is 0 Å². The van der Waals surface area contributed by atoms with E-state index >= 15 is 0 Å². The molecule has 4 heteroatoms. The summed E-state index contributed by atoms with van der Waals surface area (Å²) >= 11 is 0. The average molecular weight is 571 g/mol. The van der Waals surface area contributed by atoms with E-state index in [4.69, 9.17) is 19.7 Å². The number of unbranched alkanes of at least 4 members (excludes halogenated alkanes) is 20. The molecular weight excluding hydrogens is 496 g/mol. The van der Waals surface area contributed by atoms with Crippen molar-refractivity contribution in [3.8, 4) is 0 Å². The van der Waals surface area contributed by atoms with Crippen LogP contribution in [0.1, 0.15) is 194 Å². The molecule has 242 valence electrons. The SMILES string of the molecule is CCCCCCCCCC(CCCCCCCOCO)C(CCCCCCCCC)CCCCCCCOCO. The van der Waals surface area contributed by atoms with E-state index in [-0.39, 0.29) is 13.6 Å². The lowest BCUT2D eigenvalue weighted by atomic mass is 9.78. The Morgan fingerprint density at radius 3 is 0.875 bits per heavy atom. The number of aliphatic hydroxyl groups is 2. The van der Waals surface area contributed by atoms with E-state index in [1.807, 2.05) is 0 Å². The van der Waals surface area contributed by atoms with Gasteiger partial charge in [-0.3, -0.25) is 0 Å². The lowest BCUT2D eigenvalue weighted by molar-refractivity contribution is -0.00316. The molecule has 2 atom stereocenters. The Hall–Kier alpha value is -0.160.